The smallest absolute Gasteiger partial charge is 0.258 e. The van der Waals surface area contributed by atoms with Crippen LogP contribution in [-0.2, 0) is 11.4 Å². The van der Waals surface area contributed by atoms with E-state index in [1.54, 1.807) is 31.2 Å². The summed E-state index contributed by atoms with van der Waals surface area (Å²) in [5, 5.41) is 2.53. The number of nitrogens with zero attached hydrogens (tertiary/aromatic N) is 4. The van der Waals surface area contributed by atoms with Crippen LogP contribution in [0, 0.1) is 11.6 Å². The molecule has 1 aliphatic rings. The van der Waals surface area contributed by atoms with Crippen LogP contribution in [0.15, 0.2) is 42.6 Å². The van der Waals surface area contributed by atoms with Crippen molar-refractivity contribution in [1.29, 1.82) is 0 Å². The fraction of sp³-hybridized carbons (Fsp3) is 0.308. The van der Waals surface area contributed by atoms with Gasteiger partial charge >= 0.3 is 0 Å². The lowest BCUT2D eigenvalue weighted by molar-refractivity contribution is -0.130. The topological polar surface area (TPSA) is 114 Å². The Balaban J connectivity index is 1.38. The number of nitrogens with one attached hydrogen (secondary N) is 1. The van der Waals surface area contributed by atoms with Crippen molar-refractivity contribution in [3.05, 3.63) is 70.4 Å². The number of anilines is 1. The zero-order valence-corrected chi connectivity index (χ0v) is 21.5. The lowest BCUT2D eigenvalue weighted by atomic mass is 10.1. The summed E-state index contributed by atoms with van der Waals surface area (Å²) in [6, 6.07) is 8.69. The Labute approximate surface area is 223 Å². The van der Waals surface area contributed by atoms with Gasteiger partial charge < -0.3 is 20.7 Å². The molecular weight excluding hydrogens is 518 g/mol. The van der Waals surface area contributed by atoms with Gasteiger partial charge in [-0.2, -0.15) is 0 Å². The number of aromatic nitrogens is 2. The van der Waals surface area contributed by atoms with Crippen LogP contribution >= 0.6 is 11.6 Å². The Kier molecular flexibility index (Phi) is 8.70. The molecule has 3 N–H and O–H groups in total. The summed E-state index contributed by atoms with van der Waals surface area (Å²) in [5.41, 5.74) is 7.09. The first kappa shape index (κ1) is 27.2. The summed E-state index contributed by atoms with van der Waals surface area (Å²) in [7, 11) is 0. The molecule has 0 atom stereocenters. The fourth-order valence-corrected chi connectivity index (χ4v) is 4.21. The van der Waals surface area contributed by atoms with Gasteiger partial charge in [0.25, 0.3) is 11.8 Å². The second kappa shape index (κ2) is 12.1. The highest BCUT2D eigenvalue weighted by molar-refractivity contribution is 6.31. The first-order valence-corrected chi connectivity index (χ1v) is 12.3. The number of amides is 2. The van der Waals surface area contributed by atoms with E-state index in [0.717, 1.165) is 25.2 Å². The molecule has 2 heterocycles. The average molecular weight is 545 g/mol. The normalized spacial score (nSPS) is 13.8. The van der Waals surface area contributed by atoms with Gasteiger partial charge in [0.2, 0.25) is 5.91 Å². The molecule has 9 nitrogen and oxygen atoms in total. The summed E-state index contributed by atoms with van der Waals surface area (Å²) < 4.78 is 33.3. The van der Waals surface area contributed by atoms with Crippen molar-refractivity contribution in [2.45, 2.75) is 13.5 Å². The van der Waals surface area contributed by atoms with Crippen molar-refractivity contribution in [3.63, 3.8) is 0 Å². The molecule has 3 aromatic rings. The van der Waals surface area contributed by atoms with Crippen molar-refractivity contribution < 1.29 is 23.1 Å². The third-order valence-corrected chi connectivity index (χ3v) is 6.62. The molecule has 200 valence electrons. The van der Waals surface area contributed by atoms with Gasteiger partial charge in [-0.1, -0.05) is 23.7 Å². The van der Waals surface area contributed by atoms with E-state index in [1.165, 1.54) is 6.20 Å². The highest BCUT2D eigenvalue weighted by Crippen LogP contribution is 2.27. The van der Waals surface area contributed by atoms with E-state index in [9.17, 15) is 18.4 Å². The summed E-state index contributed by atoms with van der Waals surface area (Å²) in [6.45, 7) is 5.20. The van der Waals surface area contributed by atoms with Crippen LogP contribution in [-0.4, -0.2) is 70.9 Å². The molecule has 4 rings (SSSR count). The summed E-state index contributed by atoms with van der Waals surface area (Å²) >= 11 is 5.86. The number of rotatable bonds is 8. The van der Waals surface area contributed by atoms with Gasteiger partial charge in [0.05, 0.1) is 16.9 Å². The van der Waals surface area contributed by atoms with Gasteiger partial charge in [-0.3, -0.25) is 14.5 Å². The summed E-state index contributed by atoms with van der Waals surface area (Å²) in [6.07, 6.45) is 1.43. The van der Waals surface area contributed by atoms with E-state index >= 15 is 0 Å². The molecule has 38 heavy (non-hydrogen) atoms. The molecule has 0 spiro atoms. The Morgan fingerprint density at radius 1 is 1.13 bits per heavy atom. The molecule has 0 unspecified atom stereocenters. The lowest BCUT2D eigenvalue weighted by Crippen LogP contribution is -2.49. The third kappa shape index (κ3) is 6.53. The number of hydrogen-bond acceptors (Lipinski definition) is 7. The van der Waals surface area contributed by atoms with E-state index in [2.05, 4.69) is 20.2 Å². The number of halogens is 3. The predicted octanol–water partition coefficient (Wildman–Crippen LogP) is 3.13. The number of ether oxygens (including phenoxy) is 1. The second-order valence-corrected chi connectivity index (χ2v) is 9.12. The van der Waals surface area contributed by atoms with E-state index in [1.807, 2.05) is 4.90 Å². The largest absolute Gasteiger partial charge is 0.470 e. The molecule has 1 fully saturated rings. The monoisotopic (exact) mass is 544 g/mol. The molecule has 1 aromatic heterocycles. The van der Waals surface area contributed by atoms with E-state index in [0.29, 0.717) is 43.0 Å². The van der Waals surface area contributed by atoms with Gasteiger partial charge in [-0.15, -0.1) is 0 Å². The zero-order chi connectivity index (χ0) is 27.2. The molecule has 2 amide bonds. The average Bonchev–Trinajstić information content (AvgIpc) is 2.92. The third-order valence-electron chi connectivity index (χ3n) is 6.21. The number of hydrogen-bond donors (Lipinski definition) is 2. The quantitative estimate of drug-likeness (QED) is 0.419. The highest BCUT2D eigenvalue weighted by atomic mass is 35.5. The molecule has 0 saturated carbocycles. The first-order chi connectivity index (χ1) is 18.2. The Morgan fingerprint density at radius 3 is 2.61 bits per heavy atom. The fourth-order valence-electron chi connectivity index (χ4n) is 4.00. The molecule has 0 radical (unpaired) electrons. The Bertz CT molecular complexity index is 1330. The molecular formula is C26H27ClF2N6O3. The van der Waals surface area contributed by atoms with Crippen LogP contribution < -0.4 is 15.8 Å². The minimum Gasteiger partial charge on any atom is -0.470 e. The number of nitrogen functional groups attached to an aromatic ring is 1. The second-order valence-electron chi connectivity index (χ2n) is 8.74. The number of carbonyl (C=O) groups excluding carboxylic acids is 2. The highest BCUT2D eigenvalue weighted by Gasteiger charge is 2.19. The molecule has 1 saturated heterocycles. The Morgan fingerprint density at radius 2 is 1.87 bits per heavy atom. The van der Waals surface area contributed by atoms with Crippen LogP contribution in [0.2, 0.25) is 5.02 Å². The van der Waals surface area contributed by atoms with Crippen molar-refractivity contribution in [2.75, 3.05) is 45.0 Å². The standard InChI is InChI=1S/C26H27ClF2N6O3/c1-16(36)35-11-9-34(10-12-35)8-7-31-25(37)18-4-2-3-17(13-18)22-14-32-24(30)26(33-22)38-15-19-20(28)5-6-21(29)23(19)27/h2-6,13-14H,7-12,15H2,1H3,(H2,30,32)(H,31,37). The van der Waals surface area contributed by atoms with E-state index in [-0.39, 0.29) is 34.1 Å². The summed E-state index contributed by atoms with van der Waals surface area (Å²) in [4.78, 5) is 36.6. The zero-order valence-electron chi connectivity index (χ0n) is 20.7. The lowest BCUT2D eigenvalue weighted by Gasteiger charge is -2.34. The SMILES string of the molecule is CC(=O)N1CCN(CCNC(=O)c2cccc(-c3cnc(N)c(OCc4c(F)ccc(F)c4Cl)n3)c2)CC1. The number of piperazine rings is 1. The maximum atomic E-state index is 14.1. The molecule has 12 heteroatoms. The minimum atomic E-state index is -0.773. The molecule has 0 bridgehead atoms. The van der Waals surface area contributed by atoms with Gasteiger partial charge in [-0.25, -0.2) is 18.7 Å². The van der Waals surface area contributed by atoms with Crippen LogP contribution in [0.25, 0.3) is 11.3 Å². The molecule has 1 aliphatic heterocycles. The van der Waals surface area contributed by atoms with E-state index in [4.69, 9.17) is 22.1 Å². The van der Waals surface area contributed by atoms with Crippen molar-refractivity contribution in [3.8, 4) is 17.1 Å². The van der Waals surface area contributed by atoms with E-state index < -0.39 is 18.2 Å². The number of carbonyl (C=O) groups is 2. The van der Waals surface area contributed by atoms with Gasteiger partial charge in [0.1, 0.15) is 18.2 Å². The van der Waals surface area contributed by atoms with Crippen LogP contribution in [0.4, 0.5) is 14.6 Å². The molecule has 2 aromatic carbocycles. The van der Waals surface area contributed by atoms with Crippen molar-refractivity contribution >= 4 is 29.2 Å². The van der Waals surface area contributed by atoms with Crippen molar-refractivity contribution in [2.24, 2.45) is 0 Å². The number of nitrogens with two attached hydrogens (primary N) is 1. The van der Waals surface area contributed by atoms with Crippen LogP contribution in [0.5, 0.6) is 5.88 Å². The first-order valence-electron chi connectivity index (χ1n) is 12.0. The maximum Gasteiger partial charge on any atom is 0.258 e. The molecule has 0 aliphatic carbocycles. The van der Waals surface area contributed by atoms with Crippen molar-refractivity contribution in [1.82, 2.24) is 25.1 Å². The number of benzene rings is 2. The summed E-state index contributed by atoms with van der Waals surface area (Å²) in [5.74, 6) is -1.79. The van der Waals surface area contributed by atoms with Gasteiger partial charge in [0.15, 0.2) is 5.82 Å². The van der Waals surface area contributed by atoms with Gasteiger partial charge in [-0.05, 0) is 24.3 Å². The predicted molar refractivity (Wildman–Crippen MR) is 139 cm³/mol. The Hall–Kier alpha value is -3.83. The van der Waals surface area contributed by atoms with Gasteiger partial charge in [0, 0.05) is 62.9 Å². The maximum absolute atomic E-state index is 14.1. The van der Waals surface area contributed by atoms with Crippen LogP contribution in [0.3, 0.4) is 0 Å². The minimum absolute atomic E-state index is 0.0419. The van der Waals surface area contributed by atoms with Crippen LogP contribution in [0.1, 0.15) is 22.8 Å².